The minimum Gasteiger partial charge on any atom is -0.423 e. The van der Waals surface area contributed by atoms with E-state index in [1.54, 1.807) is 18.2 Å². The van der Waals surface area contributed by atoms with Gasteiger partial charge in [0.1, 0.15) is 0 Å². The van der Waals surface area contributed by atoms with Gasteiger partial charge < -0.3 is 21.1 Å². The summed E-state index contributed by atoms with van der Waals surface area (Å²) < 4.78 is 0. The molecule has 1 aliphatic rings. The van der Waals surface area contributed by atoms with Crippen LogP contribution in [0.15, 0.2) is 78.9 Å². The molecule has 0 fully saturated rings. The fourth-order valence-corrected chi connectivity index (χ4v) is 4.54. The first kappa shape index (κ1) is 22.8. The molecule has 0 bridgehead atoms. The molecular formula is C27H24BN3O4. The van der Waals surface area contributed by atoms with Crippen molar-refractivity contribution in [1.82, 2.24) is 4.90 Å². The molecule has 4 aromatic rings. The van der Waals surface area contributed by atoms with Gasteiger partial charge in [0.15, 0.2) is 0 Å². The van der Waals surface area contributed by atoms with Gasteiger partial charge in [0.2, 0.25) is 0 Å². The Bertz CT molecular complexity index is 1440. The number of hydrogen-bond donors (Lipinski definition) is 4. The lowest BCUT2D eigenvalue weighted by Crippen LogP contribution is -2.33. The maximum Gasteiger partial charge on any atom is 0.488 e. The number of rotatable bonds is 7. The van der Waals surface area contributed by atoms with Crippen LogP contribution in [-0.2, 0) is 19.6 Å². The lowest BCUT2D eigenvalue weighted by molar-refractivity contribution is 0.0643. The summed E-state index contributed by atoms with van der Waals surface area (Å²) in [6, 6.07) is 23.8. The Balaban J connectivity index is 1.49. The lowest BCUT2D eigenvalue weighted by atomic mass is 9.77. The van der Waals surface area contributed by atoms with Crippen LogP contribution < -0.4 is 16.5 Å². The summed E-state index contributed by atoms with van der Waals surface area (Å²) >= 11 is 0. The van der Waals surface area contributed by atoms with Gasteiger partial charge in [-0.25, -0.2) is 0 Å². The van der Waals surface area contributed by atoms with Crippen LogP contribution in [0.25, 0.3) is 10.8 Å². The van der Waals surface area contributed by atoms with Gasteiger partial charge in [0, 0.05) is 24.2 Å². The Morgan fingerprint density at radius 3 is 2.20 bits per heavy atom. The molecule has 0 aliphatic carbocycles. The predicted octanol–water partition coefficient (Wildman–Crippen LogP) is 2.39. The van der Waals surface area contributed by atoms with E-state index in [9.17, 15) is 19.6 Å². The zero-order valence-corrected chi connectivity index (χ0v) is 18.9. The molecule has 1 aliphatic heterocycles. The van der Waals surface area contributed by atoms with Crippen molar-refractivity contribution >= 4 is 40.9 Å². The minimum atomic E-state index is -1.59. The number of hydrogen-bond acceptors (Lipinski definition) is 6. The molecule has 8 heteroatoms. The number of fused-ring (bicyclic) bond motifs is 3. The van der Waals surface area contributed by atoms with Crippen molar-refractivity contribution in [1.29, 1.82) is 0 Å². The third-order valence-corrected chi connectivity index (χ3v) is 6.38. The highest BCUT2D eigenvalue weighted by Gasteiger charge is 2.37. The summed E-state index contributed by atoms with van der Waals surface area (Å²) in [5.74, 6) is -0.655. The third-order valence-electron chi connectivity index (χ3n) is 6.38. The second kappa shape index (κ2) is 9.35. The van der Waals surface area contributed by atoms with Crippen LogP contribution in [0.3, 0.4) is 0 Å². The van der Waals surface area contributed by atoms with E-state index in [2.05, 4.69) is 5.32 Å². The maximum absolute atomic E-state index is 13.4. The smallest absolute Gasteiger partial charge is 0.423 e. The first-order valence-electron chi connectivity index (χ1n) is 11.4. The number of amides is 2. The molecule has 5 N–H and O–H groups in total. The van der Waals surface area contributed by atoms with Gasteiger partial charge in [0.05, 0.1) is 17.7 Å². The summed E-state index contributed by atoms with van der Waals surface area (Å²) in [5.41, 5.74) is 10.1. The average molecular weight is 465 g/mol. The van der Waals surface area contributed by atoms with Crippen LogP contribution in [0.2, 0.25) is 0 Å². The van der Waals surface area contributed by atoms with E-state index in [-0.39, 0.29) is 18.4 Å². The largest absolute Gasteiger partial charge is 0.488 e. The van der Waals surface area contributed by atoms with Gasteiger partial charge in [0.25, 0.3) is 11.8 Å². The lowest BCUT2D eigenvalue weighted by Gasteiger charge is -2.14. The molecule has 0 unspecified atom stereocenters. The van der Waals surface area contributed by atoms with E-state index in [0.29, 0.717) is 40.8 Å². The summed E-state index contributed by atoms with van der Waals surface area (Å²) in [7, 11) is -1.59. The molecule has 0 saturated heterocycles. The monoisotopic (exact) mass is 465 g/mol. The van der Waals surface area contributed by atoms with Crippen LogP contribution in [0.5, 0.6) is 0 Å². The highest BCUT2D eigenvalue weighted by Crippen LogP contribution is 2.36. The highest BCUT2D eigenvalue weighted by molar-refractivity contribution is 6.59. The number of nitrogens with zero attached hydrogens (tertiary/aromatic N) is 1. The van der Waals surface area contributed by atoms with E-state index in [1.165, 1.54) is 4.90 Å². The number of nitrogens with two attached hydrogens (primary N) is 1. The van der Waals surface area contributed by atoms with Gasteiger partial charge in [-0.1, -0.05) is 72.8 Å². The third kappa shape index (κ3) is 4.19. The number of carbonyl (C=O) groups excluding carboxylic acids is 2. The van der Waals surface area contributed by atoms with E-state index in [4.69, 9.17) is 5.73 Å². The van der Waals surface area contributed by atoms with Crippen molar-refractivity contribution in [3.63, 3.8) is 0 Å². The molecular weight excluding hydrogens is 441 g/mol. The van der Waals surface area contributed by atoms with E-state index in [1.807, 2.05) is 60.7 Å². The molecule has 4 aromatic carbocycles. The molecule has 1 heterocycles. The quantitative estimate of drug-likeness (QED) is 0.246. The predicted molar refractivity (Wildman–Crippen MR) is 136 cm³/mol. The van der Waals surface area contributed by atoms with Crippen molar-refractivity contribution in [3.05, 3.63) is 107 Å². The zero-order valence-electron chi connectivity index (χ0n) is 18.9. The van der Waals surface area contributed by atoms with Crippen molar-refractivity contribution in [2.75, 3.05) is 5.32 Å². The van der Waals surface area contributed by atoms with Crippen molar-refractivity contribution < 1.29 is 19.6 Å². The first-order valence-corrected chi connectivity index (χ1v) is 11.4. The van der Waals surface area contributed by atoms with Gasteiger partial charge in [-0.05, 0) is 33.6 Å². The Morgan fingerprint density at radius 1 is 0.829 bits per heavy atom. The maximum atomic E-state index is 13.4. The number of carbonyl (C=O) groups is 2. The highest BCUT2D eigenvalue weighted by atomic mass is 16.4. The number of anilines is 1. The number of benzene rings is 4. The molecule has 0 aromatic heterocycles. The summed E-state index contributed by atoms with van der Waals surface area (Å²) in [4.78, 5) is 28.0. The fraction of sp³-hybridized carbons (Fsp3) is 0.111. The van der Waals surface area contributed by atoms with Crippen molar-refractivity contribution in [2.45, 2.75) is 19.6 Å². The van der Waals surface area contributed by atoms with Gasteiger partial charge in [-0.3, -0.25) is 14.5 Å². The molecule has 0 spiro atoms. The number of nitrogens with one attached hydrogen (secondary N) is 1. The second-order valence-corrected chi connectivity index (χ2v) is 8.54. The van der Waals surface area contributed by atoms with Crippen LogP contribution in [0.1, 0.15) is 37.4 Å². The molecule has 2 amide bonds. The number of imide groups is 1. The van der Waals surface area contributed by atoms with Crippen LogP contribution in [-0.4, -0.2) is 33.9 Å². The van der Waals surface area contributed by atoms with Gasteiger partial charge >= 0.3 is 7.12 Å². The molecule has 35 heavy (non-hydrogen) atoms. The summed E-state index contributed by atoms with van der Waals surface area (Å²) in [6.07, 6.45) is 0. The topological polar surface area (TPSA) is 116 Å². The first-order chi connectivity index (χ1) is 17.0. The Hall–Kier alpha value is -3.98. The Labute approximate surface area is 202 Å². The summed E-state index contributed by atoms with van der Waals surface area (Å²) in [6.45, 7) is 0.919. The average Bonchev–Trinajstić information content (AvgIpc) is 3.12. The van der Waals surface area contributed by atoms with E-state index in [0.717, 1.165) is 22.1 Å². The standard InChI is InChI=1S/C27H24BN3O4/c29-14-17-9-11-18(12-10-17)16-31-26(32)22-13-24(20-6-2-3-7-21(20)25(22)27(31)33)30-15-19-5-1-4-8-23(19)28(34)35/h1-13,30,34-35H,14-16,29H2. The van der Waals surface area contributed by atoms with Crippen LogP contribution in [0.4, 0.5) is 5.69 Å². The molecule has 0 atom stereocenters. The van der Waals surface area contributed by atoms with E-state index >= 15 is 0 Å². The van der Waals surface area contributed by atoms with Crippen molar-refractivity contribution in [3.8, 4) is 0 Å². The second-order valence-electron chi connectivity index (χ2n) is 8.54. The van der Waals surface area contributed by atoms with Crippen LogP contribution in [0, 0.1) is 0 Å². The van der Waals surface area contributed by atoms with E-state index < -0.39 is 7.12 Å². The molecule has 0 saturated carbocycles. The zero-order chi connectivity index (χ0) is 24.5. The SMILES string of the molecule is NCc1ccc(CN2C(=O)c3cc(NCc4ccccc4B(O)O)c4ccccc4c3C2=O)cc1. The molecule has 174 valence electrons. The Kier molecular flexibility index (Phi) is 6.09. The Morgan fingerprint density at radius 2 is 1.49 bits per heavy atom. The van der Waals surface area contributed by atoms with Crippen molar-refractivity contribution in [2.24, 2.45) is 5.73 Å². The molecule has 0 radical (unpaired) electrons. The molecule has 5 rings (SSSR count). The fourth-order valence-electron chi connectivity index (χ4n) is 4.54. The van der Waals surface area contributed by atoms with Crippen LogP contribution >= 0.6 is 0 Å². The van der Waals surface area contributed by atoms with Gasteiger partial charge in [-0.2, -0.15) is 0 Å². The molecule has 7 nitrogen and oxygen atoms in total. The normalized spacial score (nSPS) is 12.8. The van der Waals surface area contributed by atoms with Gasteiger partial charge in [-0.15, -0.1) is 0 Å². The summed E-state index contributed by atoms with van der Waals surface area (Å²) in [5, 5.41) is 24.2. The minimum absolute atomic E-state index is 0.177.